The highest BCUT2D eigenvalue weighted by Crippen LogP contribution is 2.37. The van der Waals surface area contributed by atoms with Crippen molar-refractivity contribution in [2.75, 3.05) is 20.0 Å². The Balaban J connectivity index is 1.94. The standard InChI is InChI=1S/C13H17N5O2/c1-19-9-3-4-12(14)11(7-9)13-15-16-17-18(13)8-5-10(6-8)20-2/h3-4,7-8,10H,5-6,14H2,1-2H3. The fourth-order valence-corrected chi connectivity index (χ4v) is 2.40. The highest BCUT2D eigenvalue weighted by atomic mass is 16.5. The van der Waals surface area contributed by atoms with Gasteiger partial charge in [0.1, 0.15) is 5.75 Å². The van der Waals surface area contributed by atoms with Crippen molar-refractivity contribution in [3.8, 4) is 17.1 Å². The first-order valence-electron chi connectivity index (χ1n) is 6.47. The molecule has 2 N–H and O–H groups in total. The molecule has 0 aliphatic heterocycles. The van der Waals surface area contributed by atoms with Crippen LogP contribution >= 0.6 is 0 Å². The number of nitrogens with zero attached hydrogens (tertiary/aromatic N) is 4. The Morgan fingerprint density at radius 3 is 2.80 bits per heavy atom. The number of rotatable bonds is 4. The molecule has 1 aliphatic carbocycles. The third-order valence-electron chi connectivity index (χ3n) is 3.74. The summed E-state index contributed by atoms with van der Waals surface area (Å²) >= 11 is 0. The minimum Gasteiger partial charge on any atom is -0.497 e. The second-order valence-corrected chi connectivity index (χ2v) is 4.88. The van der Waals surface area contributed by atoms with E-state index in [-0.39, 0.29) is 6.04 Å². The van der Waals surface area contributed by atoms with E-state index in [2.05, 4.69) is 15.5 Å². The fourth-order valence-electron chi connectivity index (χ4n) is 2.40. The molecule has 106 valence electrons. The molecule has 20 heavy (non-hydrogen) atoms. The number of hydrogen-bond acceptors (Lipinski definition) is 6. The van der Waals surface area contributed by atoms with Gasteiger partial charge in [-0.15, -0.1) is 5.10 Å². The number of nitrogen functional groups attached to an aromatic ring is 1. The average molecular weight is 275 g/mol. The van der Waals surface area contributed by atoms with Gasteiger partial charge in [-0.05, 0) is 41.5 Å². The molecule has 3 rings (SSSR count). The zero-order valence-electron chi connectivity index (χ0n) is 11.5. The normalized spacial score (nSPS) is 21.5. The average Bonchev–Trinajstić information content (AvgIpc) is 2.87. The summed E-state index contributed by atoms with van der Waals surface area (Å²) in [6.07, 6.45) is 2.12. The molecule has 0 radical (unpaired) electrons. The third-order valence-corrected chi connectivity index (χ3v) is 3.74. The van der Waals surface area contributed by atoms with E-state index in [0.29, 0.717) is 17.6 Å². The highest BCUT2D eigenvalue weighted by molar-refractivity contribution is 5.73. The first-order chi connectivity index (χ1) is 9.72. The first-order valence-corrected chi connectivity index (χ1v) is 6.47. The lowest BCUT2D eigenvalue weighted by molar-refractivity contribution is 0.00248. The Labute approximate surface area is 116 Å². The van der Waals surface area contributed by atoms with Gasteiger partial charge in [0.2, 0.25) is 0 Å². The van der Waals surface area contributed by atoms with Crippen molar-refractivity contribution in [3.05, 3.63) is 18.2 Å². The van der Waals surface area contributed by atoms with Crippen LogP contribution in [-0.4, -0.2) is 40.5 Å². The molecule has 0 saturated heterocycles. The summed E-state index contributed by atoms with van der Waals surface area (Å²) in [5.74, 6) is 1.40. The minimum atomic E-state index is 0.260. The molecule has 2 aromatic rings. The Morgan fingerprint density at radius 2 is 2.10 bits per heavy atom. The van der Waals surface area contributed by atoms with Gasteiger partial charge >= 0.3 is 0 Å². The molecular formula is C13H17N5O2. The van der Waals surface area contributed by atoms with E-state index in [1.165, 1.54) is 0 Å². The van der Waals surface area contributed by atoms with Crippen molar-refractivity contribution in [3.63, 3.8) is 0 Å². The topological polar surface area (TPSA) is 88.1 Å². The summed E-state index contributed by atoms with van der Waals surface area (Å²) in [4.78, 5) is 0. The molecular weight excluding hydrogens is 258 g/mol. The minimum absolute atomic E-state index is 0.260. The molecule has 1 saturated carbocycles. The molecule has 1 aromatic carbocycles. The van der Waals surface area contributed by atoms with Gasteiger partial charge in [0.25, 0.3) is 0 Å². The Bertz CT molecular complexity index is 607. The van der Waals surface area contributed by atoms with Crippen molar-refractivity contribution >= 4 is 5.69 Å². The largest absolute Gasteiger partial charge is 0.497 e. The molecule has 1 fully saturated rings. The van der Waals surface area contributed by atoms with E-state index in [4.69, 9.17) is 15.2 Å². The Morgan fingerprint density at radius 1 is 1.30 bits per heavy atom. The molecule has 1 heterocycles. The SMILES string of the molecule is COc1ccc(N)c(-c2nnnn2C2CC(OC)C2)c1. The summed E-state index contributed by atoms with van der Waals surface area (Å²) < 4.78 is 12.3. The first kappa shape index (κ1) is 12.9. The quantitative estimate of drug-likeness (QED) is 0.846. The van der Waals surface area contributed by atoms with Crippen molar-refractivity contribution in [1.29, 1.82) is 0 Å². The lowest BCUT2D eigenvalue weighted by Gasteiger charge is -2.34. The third kappa shape index (κ3) is 2.09. The monoisotopic (exact) mass is 275 g/mol. The summed E-state index contributed by atoms with van der Waals surface area (Å²) in [5, 5.41) is 12.0. The summed E-state index contributed by atoms with van der Waals surface area (Å²) in [6, 6.07) is 5.73. The van der Waals surface area contributed by atoms with Gasteiger partial charge in [0, 0.05) is 18.4 Å². The van der Waals surface area contributed by atoms with Gasteiger partial charge in [-0.1, -0.05) is 0 Å². The van der Waals surface area contributed by atoms with Gasteiger partial charge in [-0.2, -0.15) is 0 Å². The zero-order valence-corrected chi connectivity index (χ0v) is 11.5. The molecule has 7 heteroatoms. The van der Waals surface area contributed by atoms with E-state index in [1.54, 1.807) is 20.3 Å². The number of anilines is 1. The van der Waals surface area contributed by atoms with Crippen LogP contribution in [0.15, 0.2) is 18.2 Å². The van der Waals surface area contributed by atoms with Crippen LogP contribution in [0.5, 0.6) is 5.75 Å². The van der Waals surface area contributed by atoms with Crippen molar-refractivity contribution in [2.24, 2.45) is 0 Å². The number of nitrogens with two attached hydrogens (primary N) is 1. The van der Waals surface area contributed by atoms with Crippen molar-refractivity contribution in [1.82, 2.24) is 20.2 Å². The van der Waals surface area contributed by atoms with Crippen LogP contribution in [-0.2, 0) is 4.74 Å². The van der Waals surface area contributed by atoms with Crippen molar-refractivity contribution in [2.45, 2.75) is 25.0 Å². The van der Waals surface area contributed by atoms with Crippen LogP contribution in [0, 0.1) is 0 Å². The van der Waals surface area contributed by atoms with Crippen molar-refractivity contribution < 1.29 is 9.47 Å². The summed E-state index contributed by atoms with van der Waals surface area (Å²) in [5.41, 5.74) is 7.44. The van der Waals surface area contributed by atoms with Gasteiger partial charge in [0.15, 0.2) is 5.82 Å². The Hall–Kier alpha value is -2.15. The number of aromatic nitrogens is 4. The molecule has 0 atom stereocenters. The number of benzene rings is 1. The highest BCUT2D eigenvalue weighted by Gasteiger charge is 2.33. The number of tetrazole rings is 1. The number of ether oxygens (including phenoxy) is 2. The van der Waals surface area contributed by atoms with E-state index >= 15 is 0 Å². The molecule has 0 amide bonds. The smallest absolute Gasteiger partial charge is 0.184 e. The van der Waals surface area contributed by atoms with Crippen LogP contribution in [0.2, 0.25) is 0 Å². The lowest BCUT2D eigenvalue weighted by Crippen LogP contribution is -2.33. The molecule has 0 bridgehead atoms. The second kappa shape index (κ2) is 5.09. The second-order valence-electron chi connectivity index (χ2n) is 4.88. The predicted molar refractivity (Wildman–Crippen MR) is 73.3 cm³/mol. The summed E-state index contributed by atoms with van der Waals surface area (Å²) in [7, 11) is 3.34. The zero-order chi connectivity index (χ0) is 14.1. The van der Waals surface area contributed by atoms with Crippen LogP contribution < -0.4 is 10.5 Å². The van der Waals surface area contributed by atoms with Gasteiger partial charge in [-0.3, -0.25) is 0 Å². The maximum Gasteiger partial charge on any atom is 0.184 e. The Kier molecular flexibility index (Phi) is 3.27. The van der Waals surface area contributed by atoms with E-state index in [0.717, 1.165) is 24.2 Å². The summed E-state index contributed by atoms with van der Waals surface area (Å²) in [6.45, 7) is 0. The molecule has 0 unspecified atom stereocenters. The number of hydrogen-bond donors (Lipinski definition) is 1. The van der Waals surface area contributed by atoms with Gasteiger partial charge < -0.3 is 15.2 Å². The van der Waals surface area contributed by atoms with E-state index in [1.807, 2.05) is 16.8 Å². The van der Waals surface area contributed by atoms with Gasteiger partial charge in [0.05, 0.1) is 19.3 Å². The van der Waals surface area contributed by atoms with E-state index in [9.17, 15) is 0 Å². The maximum atomic E-state index is 6.03. The molecule has 1 aliphatic rings. The maximum absolute atomic E-state index is 6.03. The van der Waals surface area contributed by atoms with Crippen LogP contribution in [0.3, 0.4) is 0 Å². The molecule has 1 aromatic heterocycles. The fraction of sp³-hybridized carbons (Fsp3) is 0.462. The molecule has 7 nitrogen and oxygen atoms in total. The predicted octanol–water partition coefficient (Wildman–Crippen LogP) is 1.28. The van der Waals surface area contributed by atoms with Crippen LogP contribution in [0.1, 0.15) is 18.9 Å². The molecule has 0 spiro atoms. The number of methoxy groups -OCH3 is 2. The van der Waals surface area contributed by atoms with Gasteiger partial charge in [-0.25, -0.2) is 4.68 Å². The van der Waals surface area contributed by atoms with E-state index < -0.39 is 0 Å². The van der Waals surface area contributed by atoms with Crippen LogP contribution in [0.4, 0.5) is 5.69 Å². The van der Waals surface area contributed by atoms with Crippen LogP contribution in [0.25, 0.3) is 11.4 Å². The lowest BCUT2D eigenvalue weighted by atomic mass is 9.89.